The van der Waals surface area contributed by atoms with Crippen molar-refractivity contribution in [1.29, 1.82) is 0 Å². The summed E-state index contributed by atoms with van der Waals surface area (Å²) in [7, 11) is -3.67. The van der Waals surface area contributed by atoms with E-state index in [0.29, 0.717) is 11.8 Å². The van der Waals surface area contributed by atoms with Crippen molar-refractivity contribution in [2.45, 2.75) is 58.9 Å². The number of rotatable bonds is 6. The van der Waals surface area contributed by atoms with Crippen molar-refractivity contribution in [1.82, 2.24) is 0 Å². The van der Waals surface area contributed by atoms with Crippen LogP contribution in [0, 0.1) is 0 Å². The van der Waals surface area contributed by atoms with E-state index in [9.17, 15) is 12.9 Å². The highest BCUT2D eigenvalue weighted by Gasteiger charge is 2.06. The Kier molecular flexibility index (Phi) is 15.6. The van der Waals surface area contributed by atoms with Crippen LogP contribution in [0.2, 0.25) is 0 Å². The van der Waals surface area contributed by atoms with Gasteiger partial charge in [-0.1, -0.05) is 88.4 Å². The number of hydrogen-bond acceptors (Lipinski definition) is 0. The highest BCUT2D eigenvalue weighted by molar-refractivity contribution is 6.33. The Balaban J connectivity index is 0.000000546. The predicted molar refractivity (Wildman–Crippen MR) is 125 cm³/mol. The Morgan fingerprint density at radius 2 is 1.09 bits per heavy atom. The fourth-order valence-electron chi connectivity index (χ4n) is 2.96. The highest BCUT2D eigenvalue weighted by Crippen LogP contribution is 2.18. The maximum atomic E-state index is 9.67. The minimum atomic E-state index is -3.67. The topological polar surface area (TPSA) is 3.88 Å². The van der Waals surface area contributed by atoms with Gasteiger partial charge in [0.2, 0.25) is 0 Å². The Labute approximate surface area is 190 Å². The molecule has 0 radical (unpaired) electrons. The van der Waals surface area contributed by atoms with Gasteiger partial charge in [-0.2, -0.15) is 0 Å². The van der Waals surface area contributed by atoms with Crippen LogP contribution in [0.15, 0.2) is 85.2 Å². The molecule has 2 aromatic carbocycles. The fourth-order valence-corrected chi connectivity index (χ4v) is 2.96. The summed E-state index contributed by atoms with van der Waals surface area (Å²) < 4.78 is 31.2. The minimum Gasteiger partial charge on any atom is -1.00 e. The molecule has 0 aliphatic heterocycles. The minimum absolute atomic E-state index is 0. The highest BCUT2D eigenvalue weighted by atomic mass is 19.4. The third-order valence-electron chi connectivity index (χ3n) is 5.28. The number of benzene rings is 2. The Hall–Kier alpha value is -2.63. The summed E-state index contributed by atoms with van der Waals surface area (Å²) in [6.07, 6.45) is 6.63. The van der Waals surface area contributed by atoms with Crippen molar-refractivity contribution in [3.05, 3.63) is 102 Å². The molecule has 0 saturated carbocycles. The second-order valence-electron chi connectivity index (χ2n) is 7.57. The van der Waals surface area contributed by atoms with Crippen LogP contribution in [-0.4, -0.2) is 7.54 Å². The first kappa shape index (κ1) is 29.4. The third kappa shape index (κ3) is 12.3. The number of halogens is 4. The first-order valence-electron chi connectivity index (χ1n) is 10.9. The number of pyridine rings is 1. The van der Waals surface area contributed by atoms with E-state index in [0.717, 1.165) is 6.54 Å². The van der Waals surface area contributed by atoms with E-state index in [2.05, 4.69) is 111 Å². The van der Waals surface area contributed by atoms with Crippen molar-refractivity contribution in [3.63, 3.8) is 0 Å². The van der Waals surface area contributed by atoms with Gasteiger partial charge in [0.15, 0.2) is 18.9 Å². The van der Waals surface area contributed by atoms with E-state index in [1.807, 2.05) is 6.07 Å². The molecule has 3 aromatic rings. The normalized spacial score (nSPS) is 11.5. The molecule has 3 rings (SSSR count). The van der Waals surface area contributed by atoms with Crippen molar-refractivity contribution >= 4 is 7.54 Å². The molecule has 0 spiro atoms. The molecule has 0 aliphatic carbocycles. The SMILES string of the molecule is CCC(C)c1ccc(C[n+]2ccccc2)cc1.CCC(C)c1ccccc1.FB(F)F.[F-]. The molecule has 0 fully saturated rings. The third-order valence-corrected chi connectivity index (χ3v) is 5.28. The molecule has 2 unspecified atom stereocenters. The molecule has 0 aliphatic rings. The lowest BCUT2D eigenvalue weighted by Gasteiger charge is -2.08. The summed E-state index contributed by atoms with van der Waals surface area (Å²) in [5.74, 6) is 1.37. The van der Waals surface area contributed by atoms with Crippen molar-refractivity contribution in [2.75, 3.05) is 0 Å². The number of nitrogens with zero attached hydrogens (tertiary/aromatic N) is 1. The molecular formula is C26H34BF4N. The molecule has 2 atom stereocenters. The van der Waals surface area contributed by atoms with Gasteiger partial charge in [0.1, 0.15) is 0 Å². The van der Waals surface area contributed by atoms with Crippen molar-refractivity contribution < 1.29 is 22.2 Å². The lowest BCUT2D eigenvalue weighted by molar-refractivity contribution is -0.688. The van der Waals surface area contributed by atoms with Crippen LogP contribution in [0.1, 0.15) is 69.1 Å². The van der Waals surface area contributed by atoms with Crippen LogP contribution < -0.4 is 9.27 Å². The van der Waals surface area contributed by atoms with Gasteiger partial charge >= 0.3 is 7.54 Å². The summed E-state index contributed by atoms with van der Waals surface area (Å²) in [5.41, 5.74) is 4.24. The van der Waals surface area contributed by atoms with E-state index >= 15 is 0 Å². The zero-order valence-corrected chi connectivity index (χ0v) is 19.4. The van der Waals surface area contributed by atoms with Crippen molar-refractivity contribution in [2.24, 2.45) is 0 Å². The Morgan fingerprint density at radius 3 is 1.53 bits per heavy atom. The van der Waals surface area contributed by atoms with Gasteiger partial charge in [0.25, 0.3) is 0 Å². The van der Waals surface area contributed by atoms with E-state index in [4.69, 9.17) is 0 Å². The number of hydrogen-bond donors (Lipinski definition) is 0. The zero-order valence-electron chi connectivity index (χ0n) is 19.4. The molecule has 0 amide bonds. The van der Waals surface area contributed by atoms with Gasteiger partial charge in [0.05, 0.1) is 0 Å². The second-order valence-corrected chi connectivity index (χ2v) is 7.57. The Morgan fingerprint density at radius 1 is 0.688 bits per heavy atom. The summed E-state index contributed by atoms with van der Waals surface area (Å²) in [5, 5.41) is 0. The Bertz CT molecular complexity index is 811. The molecule has 1 aromatic heterocycles. The average Bonchev–Trinajstić information content (AvgIpc) is 2.80. The average molecular weight is 447 g/mol. The van der Waals surface area contributed by atoms with Crippen LogP contribution >= 0.6 is 0 Å². The fraction of sp³-hybridized carbons (Fsp3) is 0.346. The molecule has 1 nitrogen and oxygen atoms in total. The quantitative estimate of drug-likeness (QED) is 0.295. The van der Waals surface area contributed by atoms with E-state index in [-0.39, 0.29) is 4.70 Å². The molecule has 174 valence electrons. The molecule has 6 heteroatoms. The molecular weight excluding hydrogens is 413 g/mol. The van der Waals surface area contributed by atoms with Crippen LogP contribution in [0.4, 0.5) is 12.9 Å². The zero-order chi connectivity index (χ0) is 23.1. The molecule has 0 saturated heterocycles. The van der Waals surface area contributed by atoms with Gasteiger partial charge in [0, 0.05) is 17.7 Å². The van der Waals surface area contributed by atoms with Gasteiger partial charge in [-0.15, -0.1) is 0 Å². The maximum Gasteiger partial charge on any atom is 0.762 e. The van der Waals surface area contributed by atoms with E-state index < -0.39 is 7.54 Å². The van der Waals surface area contributed by atoms with Crippen molar-refractivity contribution in [3.8, 4) is 0 Å². The van der Waals surface area contributed by atoms with E-state index in [1.165, 1.54) is 29.5 Å². The lowest BCUT2D eigenvalue weighted by Crippen LogP contribution is -3.00. The predicted octanol–water partition coefficient (Wildman–Crippen LogP) is 4.62. The van der Waals surface area contributed by atoms with Crippen LogP contribution in [0.5, 0.6) is 0 Å². The molecule has 1 heterocycles. The van der Waals surface area contributed by atoms with Gasteiger partial charge in [-0.25, -0.2) is 4.57 Å². The van der Waals surface area contributed by atoms with Gasteiger partial charge in [-0.05, 0) is 35.8 Å². The second kappa shape index (κ2) is 17.0. The summed E-state index contributed by atoms with van der Waals surface area (Å²) in [6.45, 7) is 9.94. The largest absolute Gasteiger partial charge is 1.00 e. The standard InChI is InChI=1S/C16H20N.C10H14.BF3.FH/c1-3-14(2)16-9-7-15(8-10-16)13-17-11-5-4-6-12-17;1-3-9(2)10-7-5-4-6-8-10;2-1(3)4;/h4-12,14H,3,13H2,1-2H3;4-9H,3H2,1-2H3;;1H/q+1;;;/p-1. The van der Waals surface area contributed by atoms with Crippen LogP contribution in [0.25, 0.3) is 0 Å². The molecule has 0 bridgehead atoms. The van der Waals surface area contributed by atoms with Crippen LogP contribution in [-0.2, 0) is 6.54 Å². The monoisotopic (exact) mass is 447 g/mol. The summed E-state index contributed by atoms with van der Waals surface area (Å²) in [4.78, 5) is 0. The molecule has 0 N–H and O–H groups in total. The number of aromatic nitrogens is 1. The van der Waals surface area contributed by atoms with Gasteiger partial charge in [-0.3, -0.25) is 12.9 Å². The summed E-state index contributed by atoms with van der Waals surface area (Å²) in [6, 6.07) is 25.8. The van der Waals surface area contributed by atoms with E-state index in [1.54, 1.807) is 0 Å². The first-order valence-corrected chi connectivity index (χ1v) is 10.9. The van der Waals surface area contributed by atoms with Gasteiger partial charge < -0.3 is 4.70 Å². The van der Waals surface area contributed by atoms with Crippen LogP contribution in [0.3, 0.4) is 0 Å². The maximum absolute atomic E-state index is 9.67. The lowest BCUT2D eigenvalue weighted by atomic mass is 9.98. The summed E-state index contributed by atoms with van der Waals surface area (Å²) >= 11 is 0. The smallest absolute Gasteiger partial charge is 0.762 e. The first-order chi connectivity index (χ1) is 14.9. The molecule has 32 heavy (non-hydrogen) atoms.